The van der Waals surface area contributed by atoms with E-state index in [0.29, 0.717) is 0 Å². The standard InChI is InChI=1S/C52H40BN2/c1-34-15-10-11-20-41(34)39-31-43(50-49(33-39)55-48-24-13-12-21-44(48)52(2,3)45-22-14-23-46(53-50)51(45)55)42-30-27-38(36-18-8-5-9-19-36)32-47(42)54-40-28-25-37(26-29-40)35-16-6-4-7-17-35/h4-33,54H,1-3H3. The van der Waals surface area contributed by atoms with Gasteiger partial charge in [0.25, 0.3) is 0 Å². The first kappa shape index (κ1) is 33.0. The minimum atomic E-state index is -0.138. The van der Waals surface area contributed by atoms with Gasteiger partial charge < -0.3 is 10.2 Å². The molecule has 0 aliphatic carbocycles. The summed E-state index contributed by atoms with van der Waals surface area (Å²) in [6.07, 6.45) is 0. The minimum Gasteiger partial charge on any atom is -0.355 e. The van der Waals surface area contributed by atoms with Crippen molar-refractivity contribution in [2.75, 3.05) is 10.2 Å². The number of benzene rings is 8. The van der Waals surface area contributed by atoms with Crippen molar-refractivity contribution in [2.24, 2.45) is 0 Å². The number of hydrogen-bond acceptors (Lipinski definition) is 2. The predicted octanol–water partition coefficient (Wildman–Crippen LogP) is 12.5. The van der Waals surface area contributed by atoms with Crippen LogP contribution < -0.4 is 21.1 Å². The first-order valence-corrected chi connectivity index (χ1v) is 19.2. The van der Waals surface area contributed by atoms with E-state index in [2.05, 4.69) is 220 Å². The van der Waals surface area contributed by atoms with Gasteiger partial charge in [0.2, 0.25) is 0 Å². The molecule has 2 nitrogen and oxygen atoms in total. The van der Waals surface area contributed by atoms with Gasteiger partial charge in [0.1, 0.15) is 0 Å². The molecule has 0 saturated heterocycles. The van der Waals surface area contributed by atoms with Crippen LogP contribution >= 0.6 is 0 Å². The molecule has 8 aromatic rings. The Bertz CT molecular complexity index is 2730. The van der Waals surface area contributed by atoms with Crippen molar-refractivity contribution in [1.82, 2.24) is 0 Å². The monoisotopic (exact) mass is 703 g/mol. The molecule has 3 heteroatoms. The van der Waals surface area contributed by atoms with E-state index >= 15 is 0 Å². The normalized spacial score (nSPS) is 13.3. The van der Waals surface area contributed by atoms with Crippen LogP contribution in [0.4, 0.5) is 28.4 Å². The fourth-order valence-electron chi connectivity index (χ4n) is 8.77. The number of fused-ring (bicyclic) bond motifs is 4. The molecule has 10 rings (SSSR count). The molecule has 0 aromatic heterocycles. The zero-order valence-electron chi connectivity index (χ0n) is 31.3. The largest absolute Gasteiger partial charge is 0.355 e. The summed E-state index contributed by atoms with van der Waals surface area (Å²) in [5, 5.41) is 3.90. The van der Waals surface area contributed by atoms with Gasteiger partial charge in [-0.3, -0.25) is 0 Å². The van der Waals surface area contributed by atoms with Gasteiger partial charge >= 0.3 is 0 Å². The van der Waals surface area contributed by atoms with Crippen LogP contribution in [0.1, 0.15) is 30.5 Å². The number of rotatable bonds is 6. The van der Waals surface area contributed by atoms with Gasteiger partial charge in [-0.1, -0.05) is 165 Å². The molecule has 2 heterocycles. The molecule has 8 aromatic carbocycles. The molecule has 0 atom stereocenters. The molecule has 0 amide bonds. The molecule has 2 aliphatic rings. The Morgan fingerprint density at radius 2 is 1.11 bits per heavy atom. The molecule has 0 unspecified atom stereocenters. The highest BCUT2D eigenvalue weighted by Crippen LogP contribution is 2.53. The van der Waals surface area contributed by atoms with Gasteiger partial charge in [0.15, 0.2) is 7.28 Å². The van der Waals surface area contributed by atoms with Crippen LogP contribution in [0, 0.1) is 6.92 Å². The van der Waals surface area contributed by atoms with E-state index < -0.39 is 0 Å². The fraction of sp³-hybridized carbons (Fsp3) is 0.0769. The van der Waals surface area contributed by atoms with E-state index in [4.69, 9.17) is 0 Å². The van der Waals surface area contributed by atoms with E-state index in [-0.39, 0.29) is 5.41 Å². The smallest absolute Gasteiger partial charge is 0.197 e. The summed E-state index contributed by atoms with van der Waals surface area (Å²) >= 11 is 0. The molecule has 2 aliphatic heterocycles. The summed E-state index contributed by atoms with van der Waals surface area (Å²) < 4.78 is 0. The van der Waals surface area contributed by atoms with Crippen molar-refractivity contribution in [3.63, 3.8) is 0 Å². The van der Waals surface area contributed by atoms with Crippen molar-refractivity contribution in [2.45, 2.75) is 26.2 Å². The number of nitrogens with one attached hydrogen (secondary N) is 1. The summed E-state index contributed by atoms with van der Waals surface area (Å²) in [6, 6.07) is 66.3. The average Bonchev–Trinajstić information content (AvgIpc) is 3.23. The summed E-state index contributed by atoms with van der Waals surface area (Å²) in [7, 11) is 2.43. The highest BCUT2D eigenvalue weighted by Gasteiger charge is 2.41. The number of aryl methyl sites for hydroxylation is 1. The molecule has 1 N–H and O–H groups in total. The van der Waals surface area contributed by atoms with Crippen LogP contribution in [0.2, 0.25) is 0 Å². The topological polar surface area (TPSA) is 15.3 Å². The second-order valence-corrected chi connectivity index (χ2v) is 15.3. The number of anilines is 5. The lowest BCUT2D eigenvalue weighted by Crippen LogP contribution is -2.45. The van der Waals surface area contributed by atoms with E-state index in [1.54, 1.807) is 0 Å². The van der Waals surface area contributed by atoms with Crippen LogP contribution in [0.15, 0.2) is 182 Å². The SMILES string of the molecule is Cc1ccccc1-c1cc(-c2ccc(-c3ccccc3)cc2Nc2ccc(-c3ccccc3)cc2)c2c(c1)N1c3ccccc3C(C)(C)c3cccc(c31)[B]2. The Balaban J connectivity index is 1.21. The zero-order chi connectivity index (χ0) is 37.1. The molecule has 55 heavy (non-hydrogen) atoms. The molecule has 1 radical (unpaired) electrons. The van der Waals surface area contributed by atoms with Crippen LogP contribution in [0.25, 0.3) is 44.5 Å². The van der Waals surface area contributed by atoms with Crippen LogP contribution in [-0.4, -0.2) is 7.28 Å². The van der Waals surface area contributed by atoms with Gasteiger partial charge in [-0.25, -0.2) is 0 Å². The maximum Gasteiger partial charge on any atom is 0.197 e. The minimum absolute atomic E-state index is 0.138. The number of nitrogens with zero attached hydrogens (tertiary/aromatic N) is 1. The lowest BCUT2D eigenvalue weighted by atomic mass is 9.55. The maximum absolute atomic E-state index is 3.90. The highest BCUT2D eigenvalue weighted by atomic mass is 15.2. The van der Waals surface area contributed by atoms with E-state index in [9.17, 15) is 0 Å². The second-order valence-electron chi connectivity index (χ2n) is 15.3. The van der Waals surface area contributed by atoms with Crippen LogP contribution in [0.3, 0.4) is 0 Å². The third-order valence-corrected chi connectivity index (χ3v) is 11.6. The van der Waals surface area contributed by atoms with Gasteiger partial charge in [0, 0.05) is 33.7 Å². The highest BCUT2D eigenvalue weighted by molar-refractivity contribution is 6.73. The van der Waals surface area contributed by atoms with Crippen LogP contribution in [-0.2, 0) is 5.41 Å². The molecule has 0 fully saturated rings. The first-order valence-electron chi connectivity index (χ1n) is 19.2. The number of hydrogen-bond donors (Lipinski definition) is 1. The van der Waals surface area contributed by atoms with Gasteiger partial charge in [-0.15, -0.1) is 0 Å². The Kier molecular flexibility index (Phi) is 7.85. The molecular formula is C52H40BN2. The Labute approximate surface area is 325 Å². The van der Waals surface area contributed by atoms with Crippen molar-refractivity contribution < 1.29 is 0 Å². The average molecular weight is 704 g/mol. The number of para-hydroxylation sites is 2. The fourth-order valence-corrected chi connectivity index (χ4v) is 8.77. The second kappa shape index (κ2) is 13.1. The predicted molar refractivity (Wildman–Crippen MR) is 234 cm³/mol. The lowest BCUT2D eigenvalue weighted by Gasteiger charge is -2.46. The van der Waals surface area contributed by atoms with E-state index in [1.807, 2.05) is 0 Å². The maximum atomic E-state index is 3.90. The Morgan fingerprint density at radius 1 is 0.473 bits per heavy atom. The molecule has 0 bridgehead atoms. The summed E-state index contributed by atoms with van der Waals surface area (Å²) in [6.45, 7) is 6.94. The Hall–Kier alpha value is -6.58. The van der Waals surface area contributed by atoms with E-state index in [0.717, 1.165) is 16.9 Å². The Morgan fingerprint density at radius 3 is 1.87 bits per heavy atom. The molecule has 0 spiro atoms. The third kappa shape index (κ3) is 5.58. The first-order chi connectivity index (χ1) is 26.9. The molecule has 261 valence electrons. The summed E-state index contributed by atoms with van der Waals surface area (Å²) in [5.41, 5.74) is 21.6. The molecular weight excluding hydrogens is 663 g/mol. The van der Waals surface area contributed by atoms with Crippen LogP contribution in [0.5, 0.6) is 0 Å². The quantitative estimate of drug-likeness (QED) is 0.173. The zero-order valence-corrected chi connectivity index (χ0v) is 31.3. The van der Waals surface area contributed by atoms with Crippen molar-refractivity contribution in [3.05, 3.63) is 199 Å². The van der Waals surface area contributed by atoms with Crippen molar-refractivity contribution in [3.8, 4) is 44.5 Å². The van der Waals surface area contributed by atoms with Gasteiger partial charge in [-0.05, 0) is 104 Å². The van der Waals surface area contributed by atoms with E-state index in [1.165, 1.54) is 83.6 Å². The van der Waals surface area contributed by atoms with Gasteiger partial charge in [-0.2, -0.15) is 0 Å². The third-order valence-electron chi connectivity index (χ3n) is 11.6. The van der Waals surface area contributed by atoms with Crippen molar-refractivity contribution in [1.29, 1.82) is 0 Å². The van der Waals surface area contributed by atoms with Crippen molar-refractivity contribution >= 4 is 46.6 Å². The summed E-state index contributed by atoms with van der Waals surface area (Å²) in [5.74, 6) is 0. The lowest BCUT2D eigenvalue weighted by molar-refractivity contribution is 0.632. The summed E-state index contributed by atoms with van der Waals surface area (Å²) in [4.78, 5) is 2.54. The molecule has 0 saturated carbocycles. The van der Waals surface area contributed by atoms with Gasteiger partial charge in [0.05, 0.1) is 5.69 Å².